The van der Waals surface area contributed by atoms with Crippen molar-refractivity contribution in [2.75, 3.05) is 13.2 Å². The molecule has 0 aromatic carbocycles. The quantitative estimate of drug-likeness (QED) is 0.708. The molecule has 1 aromatic rings. The average Bonchev–Trinajstić information content (AvgIpc) is 2.62. The molecule has 0 fully saturated rings. The predicted molar refractivity (Wildman–Crippen MR) is 47.4 cm³/mol. The van der Waals surface area contributed by atoms with E-state index in [1.807, 2.05) is 6.92 Å². The maximum atomic E-state index is 8.85. The van der Waals surface area contributed by atoms with Crippen molar-refractivity contribution in [1.82, 2.24) is 4.98 Å². The Hall–Kier alpha value is -0.870. The third-order valence-corrected chi connectivity index (χ3v) is 1.90. The molecule has 1 aromatic heterocycles. The summed E-state index contributed by atoms with van der Waals surface area (Å²) in [5, 5.41) is 17.4. The largest absolute Gasteiger partial charge is 0.449 e. The molecular weight excluding hydrogens is 170 g/mol. The summed E-state index contributed by atoms with van der Waals surface area (Å²) in [6, 6.07) is 0. The van der Waals surface area contributed by atoms with Gasteiger partial charge in [-0.1, -0.05) is 6.92 Å². The first-order chi connectivity index (χ1) is 6.27. The van der Waals surface area contributed by atoms with Crippen molar-refractivity contribution >= 4 is 0 Å². The molecule has 0 aliphatic carbocycles. The molecule has 0 saturated carbocycles. The number of rotatable bonds is 5. The highest BCUT2D eigenvalue weighted by Gasteiger charge is 2.09. The van der Waals surface area contributed by atoms with E-state index in [4.69, 9.17) is 14.6 Å². The van der Waals surface area contributed by atoms with E-state index in [-0.39, 0.29) is 19.1 Å². The Morgan fingerprint density at radius 3 is 2.92 bits per heavy atom. The summed E-state index contributed by atoms with van der Waals surface area (Å²) < 4.78 is 5.16. The third-order valence-electron chi connectivity index (χ3n) is 1.90. The third kappa shape index (κ3) is 2.82. The van der Waals surface area contributed by atoms with Crippen molar-refractivity contribution in [1.29, 1.82) is 0 Å². The van der Waals surface area contributed by atoms with Gasteiger partial charge in [-0.05, 0) is 6.42 Å². The number of oxazole rings is 1. The van der Waals surface area contributed by atoms with Gasteiger partial charge in [0.15, 0.2) is 5.89 Å². The van der Waals surface area contributed by atoms with Crippen LogP contribution in [0, 0.1) is 0 Å². The second-order valence-electron chi connectivity index (χ2n) is 3.08. The molecular formula is C9H15NO3. The Kier molecular flexibility index (Phi) is 3.92. The lowest BCUT2D eigenvalue weighted by atomic mass is 10.1. The summed E-state index contributed by atoms with van der Waals surface area (Å²) in [4.78, 5) is 4.18. The molecule has 2 N–H and O–H groups in total. The first kappa shape index (κ1) is 10.2. The summed E-state index contributed by atoms with van der Waals surface area (Å²) in [5.41, 5.74) is 0.774. The van der Waals surface area contributed by atoms with Crippen LogP contribution in [-0.4, -0.2) is 28.4 Å². The molecule has 1 atom stereocenters. The smallest absolute Gasteiger partial charge is 0.194 e. The SMILES string of the molecule is CC(CO)c1coc(CCCO)n1. The topological polar surface area (TPSA) is 66.5 Å². The molecule has 1 unspecified atom stereocenters. The van der Waals surface area contributed by atoms with Crippen LogP contribution in [0.4, 0.5) is 0 Å². The van der Waals surface area contributed by atoms with Crippen molar-refractivity contribution in [3.63, 3.8) is 0 Å². The van der Waals surface area contributed by atoms with Gasteiger partial charge in [-0.3, -0.25) is 0 Å². The lowest BCUT2D eigenvalue weighted by Gasteiger charge is -1.99. The molecule has 1 heterocycles. The van der Waals surface area contributed by atoms with Crippen LogP contribution < -0.4 is 0 Å². The summed E-state index contributed by atoms with van der Waals surface area (Å²) in [7, 11) is 0. The average molecular weight is 185 g/mol. The predicted octanol–water partition coefficient (Wildman–Crippen LogP) is 0.695. The van der Waals surface area contributed by atoms with Gasteiger partial charge in [0.25, 0.3) is 0 Å². The van der Waals surface area contributed by atoms with E-state index in [9.17, 15) is 0 Å². The molecule has 1 rings (SSSR count). The Balaban J connectivity index is 2.53. The highest BCUT2D eigenvalue weighted by molar-refractivity contribution is 5.02. The molecule has 0 spiro atoms. The van der Waals surface area contributed by atoms with Crippen LogP contribution >= 0.6 is 0 Å². The van der Waals surface area contributed by atoms with E-state index in [0.717, 1.165) is 5.69 Å². The lowest BCUT2D eigenvalue weighted by molar-refractivity contribution is 0.271. The van der Waals surface area contributed by atoms with Gasteiger partial charge in [-0.25, -0.2) is 4.98 Å². The fourth-order valence-corrected chi connectivity index (χ4v) is 0.990. The number of hydrogen-bond acceptors (Lipinski definition) is 4. The van der Waals surface area contributed by atoms with Crippen molar-refractivity contribution in [3.05, 3.63) is 17.8 Å². The number of aliphatic hydroxyl groups is 2. The van der Waals surface area contributed by atoms with Gasteiger partial charge in [0.1, 0.15) is 6.26 Å². The van der Waals surface area contributed by atoms with Crippen LogP contribution in [0.15, 0.2) is 10.7 Å². The normalized spacial score (nSPS) is 13.2. The number of hydrogen-bond donors (Lipinski definition) is 2. The van der Waals surface area contributed by atoms with E-state index >= 15 is 0 Å². The number of aryl methyl sites for hydroxylation is 1. The van der Waals surface area contributed by atoms with Gasteiger partial charge in [-0.2, -0.15) is 0 Å². The molecule has 0 aliphatic rings. The standard InChI is InChI=1S/C9H15NO3/c1-7(5-12)8-6-13-9(10-8)3-2-4-11/h6-7,11-12H,2-5H2,1H3. The monoisotopic (exact) mass is 185 g/mol. The van der Waals surface area contributed by atoms with Crippen LogP contribution in [0.25, 0.3) is 0 Å². The van der Waals surface area contributed by atoms with Crippen LogP contribution in [-0.2, 0) is 6.42 Å². The Morgan fingerprint density at radius 1 is 1.54 bits per heavy atom. The molecule has 0 aliphatic heterocycles. The minimum absolute atomic E-state index is 0.0200. The van der Waals surface area contributed by atoms with Gasteiger partial charge in [0.2, 0.25) is 0 Å². The number of nitrogens with zero attached hydrogens (tertiary/aromatic N) is 1. The van der Waals surface area contributed by atoms with E-state index < -0.39 is 0 Å². The number of aliphatic hydroxyl groups excluding tert-OH is 2. The summed E-state index contributed by atoms with van der Waals surface area (Å²) in [6.07, 6.45) is 2.87. The van der Waals surface area contributed by atoms with Gasteiger partial charge in [0.05, 0.1) is 12.3 Å². The fraction of sp³-hybridized carbons (Fsp3) is 0.667. The van der Waals surface area contributed by atoms with Gasteiger partial charge in [-0.15, -0.1) is 0 Å². The molecule has 4 heteroatoms. The molecule has 13 heavy (non-hydrogen) atoms. The highest BCUT2D eigenvalue weighted by atomic mass is 16.3. The summed E-state index contributed by atoms with van der Waals surface area (Å²) in [6.45, 7) is 2.10. The second-order valence-corrected chi connectivity index (χ2v) is 3.08. The second kappa shape index (κ2) is 4.99. The van der Waals surface area contributed by atoms with E-state index in [2.05, 4.69) is 4.98 Å². The maximum Gasteiger partial charge on any atom is 0.194 e. The van der Waals surface area contributed by atoms with Gasteiger partial charge >= 0.3 is 0 Å². The van der Waals surface area contributed by atoms with Crippen molar-refractivity contribution in [2.24, 2.45) is 0 Å². The van der Waals surface area contributed by atoms with E-state index in [1.165, 1.54) is 0 Å². The minimum atomic E-state index is 0.0200. The Bertz CT molecular complexity index is 247. The van der Waals surface area contributed by atoms with Crippen molar-refractivity contribution in [3.8, 4) is 0 Å². The maximum absolute atomic E-state index is 8.85. The van der Waals surface area contributed by atoms with Crippen LogP contribution in [0.2, 0.25) is 0 Å². The zero-order valence-electron chi connectivity index (χ0n) is 7.73. The Labute approximate surface area is 77.2 Å². The summed E-state index contributed by atoms with van der Waals surface area (Å²) in [5.74, 6) is 0.649. The van der Waals surface area contributed by atoms with Crippen LogP contribution in [0.5, 0.6) is 0 Å². The number of aromatic nitrogens is 1. The summed E-state index contributed by atoms with van der Waals surface area (Å²) >= 11 is 0. The minimum Gasteiger partial charge on any atom is -0.449 e. The van der Waals surface area contributed by atoms with Crippen LogP contribution in [0.3, 0.4) is 0 Å². The molecule has 0 saturated heterocycles. The first-order valence-corrected chi connectivity index (χ1v) is 4.44. The van der Waals surface area contributed by atoms with Gasteiger partial charge in [0, 0.05) is 18.9 Å². The van der Waals surface area contributed by atoms with Gasteiger partial charge < -0.3 is 14.6 Å². The zero-order valence-corrected chi connectivity index (χ0v) is 7.73. The Morgan fingerprint density at radius 2 is 2.31 bits per heavy atom. The molecule has 74 valence electrons. The molecule has 4 nitrogen and oxygen atoms in total. The molecule has 0 radical (unpaired) electrons. The fourth-order valence-electron chi connectivity index (χ4n) is 0.990. The van der Waals surface area contributed by atoms with Crippen LogP contribution in [0.1, 0.15) is 30.8 Å². The van der Waals surface area contributed by atoms with E-state index in [0.29, 0.717) is 18.7 Å². The van der Waals surface area contributed by atoms with Crippen molar-refractivity contribution < 1.29 is 14.6 Å². The first-order valence-electron chi connectivity index (χ1n) is 4.44. The lowest BCUT2D eigenvalue weighted by Crippen LogP contribution is -1.99. The van der Waals surface area contributed by atoms with E-state index in [1.54, 1.807) is 6.26 Å². The molecule has 0 bridgehead atoms. The zero-order chi connectivity index (χ0) is 9.68. The molecule has 0 amide bonds. The highest BCUT2D eigenvalue weighted by Crippen LogP contribution is 2.14. The van der Waals surface area contributed by atoms with Crippen molar-refractivity contribution in [2.45, 2.75) is 25.7 Å².